The molecule has 0 aliphatic carbocycles. The maximum Gasteiger partial charge on any atom is 0.241 e. The summed E-state index contributed by atoms with van der Waals surface area (Å²) in [6.07, 6.45) is 4.33. The molecule has 0 spiro atoms. The number of carbonyl (C=O) groups is 1. The third kappa shape index (κ3) is 4.40. The Kier molecular flexibility index (Phi) is 5.48. The minimum Gasteiger partial charge on any atom is -0.444 e. The van der Waals surface area contributed by atoms with Crippen molar-refractivity contribution >= 4 is 11.6 Å². The summed E-state index contributed by atoms with van der Waals surface area (Å²) in [6, 6.07) is 6.80. The van der Waals surface area contributed by atoms with Gasteiger partial charge in [-0.15, -0.1) is 0 Å². The van der Waals surface area contributed by atoms with Crippen molar-refractivity contribution in [2.45, 2.75) is 18.9 Å². The van der Waals surface area contributed by atoms with Crippen LogP contribution in [0, 0.1) is 0 Å². The van der Waals surface area contributed by atoms with Crippen LogP contribution in [0.3, 0.4) is 0 Å². The Morgan fingerprint density at radius 2 is 2.38 bits per heavy atom. The lowest BCUT2D eigenvalue weighted by Crippen LogP contribution is -2.35. The van der Waals surface area contributed by atoms with Crippen LogP contribution < -0.4 is 11.1 Å². The van der Waals surface area contributed by atoms with Crippen LogP contribution in [0.15, 0.2) is 41.3 Å². The molecule has 1 unspecified atom stereocenters. The third-order valence-electron chi connectivity index (χ3n) is 3.05. The Labute approximate surface area is 123 Å². The Bertz CT molecular complexity index is 569. The molecule has 6 nitrogen and oxygen atoms in total. The van der Waals surface area contributed by atoms with Gasteiger partial charge >= 0.3 is 0 Å². The van der Waals surface area contributed by atoms with E-state index in [1.807, 2.05) is 18.2 Å². The predicted molar refractivity (Wildman–Crippen MR) is 79.7 cm³/mol. The topological polar surface area (TPSA) is 90.4 Å². The molecule has 0 aliphatic heterocycles. The van der Waals surface area contributed by atoms with Gasteiger partial charge in [-0.25, -0.2) is 4.98 Å². The Morgan fingerprint density at radius 1 is 1.52 bits per heavy atom. The first-order chi connectivity index (χ1) is 10.2. The molecule has 3 N–H and O–H groups in total. The lowest BCUT2D eigenvalue weighted by molar-refractivity contribution is -0.117. The van der Waals surface area contributed by atoms with E-state index in [1.165, 1.54) is 6.39 Å². The van der Waals surface area contributed by atoms with Crippen molar-refractivity contribution in [3.63, 3.8) is 0 Å². The minimum atomic E-state index is -0.547. The zero-order valence-corrected chi connectivity index (χ0v) is 11.9. The van der Waals surface area contributed by atoms with Crippen LogP contribution >= 0.6 is 0 Å². The van der Waals surface area contributed by atoms with E-state index in [2.05, 4.69) is 10.3 Å². The number of ether oxygens (including phenoxy) is 1. The number of nitrogens with zero attached hydrogens (tertiary/aromatic N) is 1. The number of anilines is 1. The van der Waals surface area contributed by atoms with Crippen LogP contribution in [0.4, 0.5) is 5.69 Å². The number of carbonyl (C=O) groups excluding carboxylic acids is 1. The SMILES string of the molecule is COCCCC(N)C(=O)Nc1cccc(-c2cnco2)c1. The standard InChI is InChI=1S/C15H19N3O3/c1-20-7-3-6-13(16)15(19)18-12-5-2-4-11(8-12)14-9-17-10-21-14/h2,4-5,8-10,13H,3,6-7,16H2,1H3,(H,18,19). The van der Waals surface area contributed by atoms with Gasteiger partial charge in [-0.3, -0.25) is 4.79 Å². The second-order valence-corrected chi connectivity index (χ2v) is 4.68. The lowest BCUT2D eigenvalue weighted by atomic mass is 10.1. The van der Waals surface area contributed by atoms with Crippen molar-refractivity contribution in [2.75, 3.05) is 19.0 Å². The van der Waals surface area contributed by atoms with E-state index >= 15 is 0 Å². The molecule has 1 aromatic heterocycles. The molecule has 21 heavy (non-hydrogen) atoms. The summed E-state index contributed by atoms with van der Waals surface area (Å²) in [5.74, 6) is 0.441. The number of benzene rings is 1. The molecule has 1 heterocycles. The number of rotatable bonds is 7. The molecule has 6 heteroatoms. The summed E-state index contributed by atoms with van der Waals surface area (Å²) in [7, 11) is 1.63. The average Bonchev–Trinajstić information content (AvgIpc) is 3.02. The van der Waals surface area contributed by atoms with E-state index in [4.69, 9.17) is 14.9 Å². The number of hydrogen-bond donors (Lipinski definition) is 2. The Hall–Kier alpha value is -2.18. The van der Waals surface area contributed by atoms with E-state index in [0.29, 0.717) is 24.5 Å². The molecular formula is C15H19N3O3. The van der Waals surface area contributed by atoms with Crippen LogP contribution in [0.25, 0.3) is 11.3 Å². The molecule has 0 aliphatic rings. The smallest absolute Gasteiger partial charge is 0.241 e. The van der Waals surface area contributed by atoms with E-state index < -0.39 is 6.04 Å². The van der Waals surface area contributed by atoms with Crippen molar-refractivity contribution in [3.8, 4) is 11.3 Å². The maximum atomic E-state index is 12.0. The second-order valence-electron chi connectivity index (χ2n) is 4.68. The van der Waals surface area contributed by atoms with Crippen LogP contribution in [0.2, 0.25) is 0 Å². The van der Waals surface area contributed by atoms with E-state index in [-0.39, 0.29) is 5.91 Å². The normalized spacial score (nSPS) is 12.1. The quantitative estimate of drug-likeness (QED) is 0.761. The van der Waals surface area contributed by atoms with Gasteiger partial charge in [0, 0.05) is 25.0 Å². The lowest BCUT2D eigenvalue weighted by Gasteiger charge is -2.12. The van der Waals surface area contributed by atoms with Gasteiger partial charge in [0.05, 0.1) is 12.2 Å². The van der Waals surface area contributed by atoms with Crippen molar-refractivity contribution in [2.24, 2.45) is 5.73 Å². The number of nitrogens with one attached hydrogen (secondary N) is 1. The van der Waals surface area contributed by atoms with Gasteiger partial charge in [0.25, 0.3) is 0 Å². The van der Waals surface area contributed by atoms with Crippen molar-refractivity contribution in [1.82, 2.24) is 4.98 Å². The highest BCUT2D eigenvalue weighted by Gasteiger charge is 2.13. The zero-order valence-electron chi connectivity index (χ0n) is 11.9. The third-order valence-corrected chi connectivity index (χ3v) is 3.05. The fourth-order valence-electron chi connectivity index (χ4n) is 1.92. The number of aromatic nitrogens is 1. The zero-order chi connectivity index (χ0) is 15.1. The highest BCUT2D eigenvalue weighted by molar-refractivity contribution is 5.95. The number of nitrogens with two attached hydrogens (primary N) is 1. The van der Waals surface area contributed by atoms with E-state index in [0.717, 1.165) is 12.0 Å². The minimum absolute atomic E-state index is 0.208. The van der Waals surface area contributed by atoms with Crippen molar-refractivity contribution < 1.29 is 13.9 Å². The second kappa shape index (κ2) is 7.56. The molecule has 1 aromatic carbocycles. The molecule has 0 saturated heterocycles. The molecule has 0 fully saturated rings. The first kappa shape index (κ1) is 15.2. The molecule has 112 valence electrons. The van der Waals surface area contributed by atoms with Crippen LogP contribution in [0.1, 0.15) is 12.8 Å². The summed E-state index contributed by atoms with van der Waals surface area (Å²) in [5, 5.41) is 2.80. The van der Waals surface area contributed by atoms with E-state index in [1.54, 1.807) is 19.4 Å². The summed E-state index contributed by atoms with van der Waals surface area (Å²) in [4.78, 5) is 15.9. The molecule has 0 radical (unpaired) electrons. The highest BCUT2D eigenvalue weighted by atomic mass is 16.5. The Balaban J connectivity index is 1.96. The summed E-state index contributed by atoms with van der Waals surface area (Å²) < 4.78 is 10.2. The van der Waals surface area contributed by atoms with Gasteiger partial charge in [0.2, 0.25) is 5.91 Å². The molecule has 1 atom stereocenters. The maximum absolute atomic E-state index is 12.0. The predicted octanol–water partition coefficient (Wildman–Crippen LogP) is 2.03. The summed E-state index contributed by atoms with van der Waals surface area (Å²) >= 11 is 0. The monoisotopic (exact) mass is 289 g/mol. The molecular weight excluding hydrogens is 270 g/mol. The van der Waals surface area contributed by atoms with E-state index in [9.17, 15) is 4.79 Å². The van der Waals surface area contributed by atoms with Gasteiger partial charge in [0.1, 0.15) is 0 Å². The van der Waals surface area contributed by atoms with Gasteiger partial charge in [-0.2, -0.15) is 0 Å². The van der Waals surface area contributed by atoms with Gasteiger partial charge < -0.3 is 20.2 Å². The molecule has 2 rings (SSSR count). The van der Waals surface area contributed by atoms with Crippen LogP contribution in [-0.4, -0.2) is 30.6 Å². The number of amides is 1. The fourth-order valence-corrected chi connectivity index (χ4v) is 1.92. The van der Waals surface area contributed by atoms with Crippen LogP contribution in [0.5, 0.6) is 0 Å². The largest absolute Gasteiger partial charge is 0.444 e. The fraction of sp³-hybridized carbons (Fsp3) is 0.333. The van der Waals surface area contributed by atoms with Gasteiger partial charge in [-0.05, 0) is 25.0 Å². The van der Waals surface area contributed by atoms with Gasteiger partial charge in [0.15, 0.2) is 12.2 Å². The van der Waals surface area contributed by atoms with Crippen molar-refractivity contribution in [1.29, 1.82) is 0 Å². The number of oxazole rings is 1. The number of hydrogen-bond acceptors (Lipinski definition) is 5. The molecule has 0 bridgehead atoms. The first-order valence-corrected chi connectivity index (χ1v) is 6.75. The summed E-state index contributed by atoms with van der Waals surface area (Å²) in [6.45, 7) is 0.599. The van der Waals surface area contributed by atoms with Crippen LogP contribution in [-0.2, 0) is 9.53 Å². The molecule has 0 saturated carbocycles. The highest BCUT2D eigenvalue weighted by Crippen LogP contribution is 2.22. The Morgan fingerprint density at radius 3 is 3.10 bits per heavy atom. The van der Waals surface area contributed by atoms with Crippen molar-refractivity contribution in [3.05, 3.63) is 36.9 Å². The first-order valence-electron chi connectivity index (χ1n) is 6.75. The molecule has 2 aromatic rings. The number of methoxy groups -OCH3 is 1. The average molecular weight is 289 g/mol. The van der Waals surface area contributed by atoms with Gasteiger partial charge in [-0.1, -0.05) is 12.1 Å². The summed E-state index contributed by atoms with van der Waals surface area (Å²) in [5.41, 5.74) is 7.36. The molecule has 1 amide bonds.